The first-order valence-electron chi connectivity index (χ1n) is 7.75. The maximum atomic E-state index is 12.6. The smallest absolute Gasteiger partial charge is 0.415 e. The first kappa shape index (κ1) is 16.1. The van der Waals surface area contributed by atoms with Crippen molar-refractivity contribution in [2.45, 2.75) is 31.9 Å². The molecule has 2 aromatic rings. The Hall–Kier alpha value is -2.82. The molecule has 1 amide bonds. The van der Waals surface area contributed by atoms with E-state index in [4.69, 9.17) is 4.74 Å². The van der Waals surface area contributed by atoms with Crippen molar-refractivity contribution >= 4 is 17.7 Å². The van der Waals surface area contributed by atoms with Crippen molar-refractivity contribution in [2.24, 2.45) is 0 Å². The summed E-state index contributed by atoms with van der Waals surface area (Å²) in [6.45, 7) is 3.76. The number of carbonyl (C=O) groups is 2. The third-order valence-corrected chi connectivity index (χ3v) is 4.44. The van der Waals surface area contributed by atoms with Crippen LogP contribution in [0.2, 0.25) is 0 Å². The summed E-state index contributed by atoms with van der Waals surface area (Å²) in [6, 6.07) is 15.5. The summed E-state index contributed by atoms with van der Waals surface area (Å²) < 4.78 is 5.37. The topological polar surface area (TPSA) is 66.8 Å². The molecule has 1 atom stereocenters. The van der Waals surface area contributed by atoms with Crippen molar-refractivity contribution in [1.82, 2.24) is 0 Å². The van der Waals surface area contributed by atoms with Crippen molar-refractivity contribution in [3.8, 4) is 0 Å². The lowest BCUT2D eigenvalue weighted by Gasteiger charge is -2.29. The zero-order valence-corrected chi connectivity index (χ0v) is 13.6. The van der Waals surface area contributed by atoms with Crippen LogP contribution in [0.15, 0.2) is 54.6 Å². The van der Waals surface area contributed by atoms with E-state index in [1.54, 1.807) is 12.1 Å². The molecule has 0 saturated heterocycles. The van der Waals surface area contributed by atoms with E-state index in [-0.39, 0.29) is 6.61 Å². The van der Waals surface area contributed by atoms with Gasteiger partial charge in [0.05, 0.1) is 5.69 Å². The molecule has 24 heavy (non-hydrogen) atoms. The first-order chi connectivity index (χ1) is 11.4. The molecule has 1 unspecified atom stereocenters. The monoisotopic (exact) mass is 325 g/mol. The summed E-state index contributed by atoms with van der Waals surface area (Å²) in [4.78, 5) is 25.7. The second kappa shape index (κ2) is 6.00. The van der Waals surface area contributed by atoms with Crippen LogP contribution in [0.4, 0.5) is 10.5 Å². The van der Waals surface area contributed by atoms with Crippen molar-refractivity contribution in [3.05, 3.63) is 65.7 Å². The normalized spacial score (nSPS) is 18.1. The van der Waals surface area contributed by atoms with Crippen LogP contribution in [-0.4, -0.2) is 23.2 Å². The van der Waals surface area contributed by atoms with Crippen LogP contribution in [0.25, 0.3) is 0 Å². The van der Waals surface area contributed by atoms with Crippen LogP contribution in [0, 0.1) is 0 Å². The lowest BCUT2D eigenvalue weighted by Crippen LogP contribution is -2.50. The highest BCUT2D eigenvalue weighted by molar-refractivity contribution is 6.00. The number of nitrogens with zero attached hydrogens (tertiary/aromatic N) is 1. The molecule has 5 nitrogen and oxygen atoms in total. The summed E-state index contributed by atoms with van der Waals surface area (Å²) in [6.07, 6.45) is -0.649. The van der Waals surface area contributed by atoms with Crippen LogP contribution in [0.3, 0.4) is 0 Å². The summed E-state index contributed by atoms with van der Waals surface area (Å²) in [5, 5.41) is 9.68. The number of rotatable bonds is 3. The van der Waals surface area contributed by atoms with Gasteiger partial charge in [-0.15, -0.1) is 0 Å². The molecule has 124 valence electrons. The molecule has 1 aliphatic heterocycles. The third-order valence-electron chi connectivity index (χ3n) is 4.44. The minimum atomic E-state index is -1.05. The maximum absolute atomic E-state index is 12.6. The fraction of sp³-hybridized carbons (Fsp3) is 0.263. The summed E-state index contributed by atoms with van der Waals surface area (Å²) in [5.41, 5.74) is 1.57. The average Bonchev–Trinajstić information content (AvgIpc) is 2.82. The van der Waals surface area contributed by atoms with E-state index in [0.717, 1.165) is 11.1 Å². The highest BCUT2D eigenvalue weighted by Crippen LogP contribution is 2.45. The second-order valence-electron chi connectivity index (χ2n) is 6.39. The number of carboxylic acids is 1. The van der Waals surface area contributed by atoms with Gasteiger partial charge in [0.1, 0.15) is 12.6 Å². The molecule has 1 aliphatic rings. The van der Waals surface area contributed by atoms with Gasteiger partial charge < -0.3 is 9.84 Å². The summed E-state index contributed by atoms with van der Waals surface area (Å²) >= 11 is 0. The van der Waals surface area contributed by atoms with Crippen molar-refractivity contribution < 1.29 is 19.4 Å². The van der Waals surface area contributed by atoms with Crippen LogP contribution < -0.4 is 4.90 Å². The Morgan fingerprint density at radius 1 is 1.08 bits per heavy atom. The van der Waals surface area contributed by atoms with Gasteiger partial charge >= 0.3 is 12.1 Å². The number of carbonyl (C=O) groups excluding carboxylic acids is 1. The number of anilines is 1. The molecule has 5 heteroatoms. The SMILES string of the molecule is CC1(C)c2ccccc2N(C(=O)OCc2ccccc2)C1C(=O)O. The lowest BCUT2D eigenvalue weighted by molar-refractivity contribution is -0.139. The Morgan fingerprint density at radius 3 is 2.38 bits per heavy atom. The predicted octanol–water partition coefficient (Wildman–Crippen LogP) is 3.57. The predicted molar refractivity (Wildman–Crippen MR) is 90.0 cm³/mol. The van der Waals surface area contributed by atoms with Crippen LogP contribution >= 0.6 is 0 Å². The van der Waals surface area contributed by atoms with E-state index in [1.807, 2.05) is 56.3 Å². The molecule has 0 saturated carbocycles. The Kier molecular flexibility index (Phi) is 4.01. The second-order valence-corrected chi connectivity index (χ2v) is 6.39. The van der Waals surface area contributed by atoms with Crippen molar-refractivity contribution in [1.29, 1.82) is 0 Å². The average molecular weight is 325 g/mol. The molecular weight excluding hydrogens is 306 g/mol. The number of benzene rings is 2. The number of amides is 1. The largest absolute Gasteiger partial charge is 0.480 e. The molecule has 1 N–H and O–H groups in total. The van der Waals surface area contributed by atoms with Crippen molar-refractivity contribution in [2.75, 3.05) is 4.90 Å². The summed E-state index contributed by atoms with van der Waals surface area (Å²) in [7, 11) is 0. The highest BCUT2D eigenvalue weighted by Gasteiger charge is 2.51. The van der Waals surface area contributed by atoms with E-state index in [2.05, 4.69) is 0 Å². The fourth-order valence-electron chi connectivity index (χ4n) is 3.25. The van der Waals surface area contributed by atoms with Gasteiger partial charge in [0.2, 0.25) is 0 Å². The lowest BCUT2D eigenvalue weighted by atomic mass is 9.80. The Bertz CT molecular complexity index is 770. The van der Waals surface area contributed by atoms with Gasteiger partial charge in [0.25, 0.3) is 0 Å². The molecule has 3 rings (SSSR count). The minimum absolute atomic E-state index is 0.102. The van der Waals surface area contributed by atoms with E-state index in [0.29, 0.717) is 5.69 Å². The van der Waals surface area contributed by atoms with Crippen LogP contribution in [-0.2, 0) is 21.6 Å². The molecule has 2 aromatic carbocycles. The van der Waals surface area contributed by atoms with Gasteiger partial charge in [-0.3, -0.25) is 4.90 Å². The number of fused-ring (bicyclic) bond motifs is 1. The van der Waals surface area contributed by atoms with Gasteiger partial charge in [0.15, 0.2) is 0 Å². The van der Waals surface area contributed by atoms with Gasteiger partial charge in [0, 0.05) is 5.41 Å². The van der Waals surface area contributed by atoms with Gasteiger partial charge in [-0.25, -0.2) is 9.59 Å². The first-order valence-corrected chi connectivity index (χ1v) is 7.75. The number of para-hydroxylation sites is 1. The fourth-order valence-corrected chi connectivity index (χ4v) is 3.25. The highest BCUT2D eigenvalue weighted by atomic mass is 16.6. The third kappa shape index (κ3) is 2.62. The Morgan fingerprint density at radius 2 is 1.71 bits per heavy atom. The van der Waals surface area contributed by atoms with Gasteiger partial charge in [-0.2, -0.15) is 0 Å². The molecule has 0 radical (unpaired) electrons. The molecular formula is C19H19NO4. The standard InChI is InChI=1S/C19H19NO4/c1-19(2)14-10-6-7-11-15(14)20(16(19)17(21)22)18(23)24-12-13-8-4-3-5-9-13/h3-11,16H,12H2,1-2H3,(H,21,22). The van der Waals surface area contributed by atoms with E-state index < -0.39 is 23.5 Å². The quantitative estimate of drug-likeness (QED) is 0.937. The molecule has 0 aliphatic carbocycles. The summed E-state index contributed by atoms with van der Waals surface area (Å²) in [5.74, 6) is -1.05. The van der Waals surface area contributed by atoms with E-state index in [9.17, 15) is 14.7 Å². The number of ether oxygens (including phenoxy) is 1. The molecule has 0 bridgehead atoms. The van der Waals surface area contributed by atoms with E-state index in [1.165, 1.54) is 4.90 Å². The zero-order chi connectivity index (χ0) is 17.3. The number of carboxylic acid groups (broad SMARTS) is 1. The zero-order valence-electron chi connectivity index (χ0n) is 13.6. The Labute approximate surface area is 140 Å². The van der Waals surface area contributed by atoms with Crippen molar-refractivity contribution in [3.63, 3.8) is 0 Å². The van der Waals surface area contributed by atoms with Gasteiger partial charge in [-0.05, 0) is 17.2 Å². The molecule has 1 heterocycles. The number of aliphatic carboxylic acids is 1. The van der Waals surface area contributed by atoms with Gasteiger partial charge in [-0.1, -0.05) is 62.4 Å². The minimum Gasteiger partial charge on any atom is -0.480 e. The molecule has 0 aromatic heterocycles. The maximum Gasteiger partial charge on any atom is 0.415 e. The molecule has 0 spiro atoms. The van der Waals surface area contributed by atoms with E-state index >= 15 is 0 Å². The Balaban J connectivity index is 1.90. The van der Waals surface area contributed by atoms with Crippen LogP contribution in [0.5, 0.6) is 0 Å². The molecule has 0 fully saturated rings. The number of hydrogen-bond donors (Lipinski definition) is 1. The number of hydrogen-bond acceptors (Lipinski definition) is 3. The van der Waals surface area contributed by atoms with Crippen LogP contribution in [0.1, 0.15) is 25.0 Å².